The maximum absolute atomic E-state index is 12.6. The van der Waals surface area contributed by atoms with Crippen LogP contribution >= 0.6 is 11.3 Å². The van der Waals surface area contributed by atoms with Gasteiger partial charge in [-0.05, 0) is 18.9 Å². The molecular formula is C17H20N2O4S. The summed E-state index contributed by atoms with van der Waals surface area (Å²) in [6.07, 6.45) is 7.03. The average Bonchev–Trinajstić information content (AvgIpc) is 3.25. The average molecular weight is 348 g/mol. The zero-order chi connectivity index (χ0) is 17.2. The van der Waals surface area contributed by atoms with E-state index in [9.17, 15) is 14.7 Å². The molecule has 7 heteroatoms. The zero-order valence-electron chi connectivity index (χ0n) is 13.5. The van der Waals surface area contributed by atoms with Gasteiger partial charge in [0.05, 0.1) is 18.4 Å². The van der Waals surface area contributed by atoms with Crippen LogP contribution in [-0.2, 0) is 16.0 Å². The van der Waals surface area contributed by atoms with E-state index in [4.69, 9.17) is 4.42 Å². The van der Waals surface area contributed by atoms with Crippen LogP contribution in [-0.4, -0.2) is 39.5 Å². The molecule has 0 spiro atoms. The Labute approximate surface area is 144 Å². The third kappa shape index (κ3) is 3.08. The van der Waals surface area contributed by atoms with E-state index in [0.29, 0.717) is 18.5 Å². The van der Waals surface area contributed by atoms with Crippen molar-refractivity contribution in [1.29, 1.82) is 0 Å². The topological polar surface area (TPSA) is 83.6 Å². The summed E-state index contributed by atoms with van der Waals surface area (Å²) in [5.41, 5.74) is 0.462. The van der Waals surface area contributed by atoms with Crippen molar-refractivity contribution in [2.24, 2.45) is 0 Å². The Kier molecular flexibility index (Phi) is 4.71. The van der Waals surface area contributed by atoms with Crippen LogP contribution in [0.25, 0.3) is 10.6 Å². The van der Waals surface area contributed by atoms with E-state index in [1.54, 1.807) is 19.6 Å². The van der Waals surface area contributed by atoms with Crippen molar-refractivity contribution in [2.75, 3.05) is 7.05 Å². The predicted octanol–water partition coefficient (Wildman–Crippen LogP) is 3.19. The van der Waals surface area contributed by atoms with Crippen LogP contribution in [0.5, 0.6) is 0 Å². The molecule has 2 heterocycles. The molecule has 0 aliphatic heterocycles. The summed E-state index contributed by atoms with van der Waals surface area (Å²) >= 11 is 1.44. The molecule has 0 saturated heterocycles. The normalized spacial score (nSPS) is 16.7. The number of carboxylic acid groups (broad SMARTS) is 1. The Morgan fingerprint density at radius 3 is 2.75 bits per heavy atom. The fraction of sp³-hybridized carbons (Fsp3) is 0.471. The second kappa shape index (κ2) is 6.76. The predicted molar refractivity (Wildman–Crippen MR) is 89.7 cm³/mol. The monoisotopic (exact) mass is 348 g/mol. The lowest BCUT2D eigenvalue weighted by Crippen LogP contribution is -2.56. The Morgan fingerprint density at radius 1 is 1.38 bits per heavy atom. The molecule has 1 N–H and O–H groups in total. The van der Waals surface area contributed by atoms with Crippen molar-refractivity contribution >= 4 is 23.2 Å². The molecule has 0 aromatic carbocycles. The van der Waals surface area contributed by atoms with Gasteiger partial charge in [-0.2, -0.15) is 0 Å². The van der Waals surface area contributed by atoms with Gasteiger partial charge in [0.2, 0.25) is 5.91 Å². The standard InChI is InChI=1S/C17H20N2O4S/c1-19(17(16(21)22)6-3-2-4-7-17)14(20)9-13-11-24-15(18-13)12-5-8-23-10-12/h5,8,10-11H,2-4,6-7,9H2,1H3,(H,21,22). The van der Waals surface area contributed by atoms with Gasteiger partial charge in [0.1, 0.15) is 16.8 Å². The summed E-state index contributed by atoms with van der Waals surface area (Å²) in [5, 5.41) is 12.3. The molecule has 2 aromatic heterocycles. The minimum atomic E-state index is -1.07. The molecule has 128 valence electrons. The smallest absolute Gasteiger partial charge is 0.329 e. The Hall–Kier alpha value is -2.15. The van der Waals surface area contributed by atoms with Crippen molar-refractivity contribution in [3.8, 4) is 10.6 Å². The van der Waals surface area contributed by atoms with Crippen molar-refractivity contribution in [3.63, 3.8) is 0 Å². The molecule has 24 heavy (non-hydrogen) atoms. The number of hydrogen-bond acceptors (Lipinski definition) is 5. The van der Waals surface area contributed by atoms with E-state index in [2.05, 4.69) is 4.98 Å². The second-order valence-corrected chi connectivity index (χ2v) is 7.04. The number of aromatic nitrogens is 1. The van der Waals surface area contributed by atoms with Crippen molar-refractivity contribution in [2.45, 2.75) is 44.1 Å². The molecule has 3 rings (SSSR count). The van der Waals surface area contributed by atoms with E-state index < -0.39 is 11.5 Å². The zero-order valence-corrected chi connectivity index (χ0v) is 14.3. The van der Waals surface area contributed by atoms with Crippen LogP contribution in [0, 0.1) is 0 Å². The van der Waals surface area contributed by atoms with Crippen molar-refractivity contribution in [1.82, 2.24) is 9.88 Å². The summed E-state index contributed by atoms with van der Waals surface area (Å²) in [6, 6.07) is 1.82. The lowest BCUT2D eigenvalue weighted by molar-refractivity contribution is -0.160. The molecule has 6 nitrogen and oxygen atoms in total. The number of carbonyl (C=O) groups excluding carboxylic acids is 1. The van der Waals surface area contributed by atoms with Gasteiger partial charge in [-0.1, -0.05) is 19.3 Å². The highest BCUT2D eigenvalue weighted by molar-refractivity contribution is 7.13. The van der Waals surface area contributed by atoms with Gasteiger partial charge in [0.25, 0.3) is 0 Å². The number of rotatable bonds is 5. The fourth-order valence-corrected chi connectivity index (χ4v) is 4.05. The highest BCUT2D eigenvalue weighted by atomic mass is 32.1. The van der Waals surface area contributed by atoms with Crippen LogP contribution in [0.3, 0.4) is 0 Å². The van der Waals surface area contributed by atoms with Gasteiger partial charge >= 0.3 is 5.97 Å². The van der Waals surface area contributed by atoms with Gasteiger partial charge in [-0.15, -0.1) is 11.3 Å². The summed E-state index contributed by atoms with van der Waals surface area (Å²) in [6.45, 7) is 0. The van der Waals surface area contributed by atoms with E-state index in [-0.39, 0.29) is 12.3 Å². The first-order valence-electron chi connectivity index (χ1n) is 8.00. The lowest BCUT2D eigenvalue weighted by atomic mass is 9.80. The fourth-order valence-electron chi connectivity index (χ4n) is 3.25. The lowest BCUT2D eigenvalue weighted by Gasteiger charge is -2.41. The Balaban J connectivity index is 1.73. The third-order valence-electron chi connectivity index (χ3n) is 4.75. The van der Waals surface area contributed by atoms with Crippen LogP contribution in [0.1, 0.15) is 37.8 Å². The number of likely N-dealkylation sites (N-methyl/N-ethyl adjacent to an activating group) is 1. The van der Waals surface area contributed by atoms with Crippen LogP contribution < -0.4 is 0 Å². The number of hydrogen-bond donors (Lipinski definition) is 1. The molecular weight excluding hydrogens is 328 g/mol. The highest BCUT2D eigenvalue weighted by Crippen LogP contribution is 2.34. The molecule has 2 aromatic rings. The minimum absolute atomic E-state index is 0.111. The van der Waals surface area contributed by atoms with Gasteiger partial charge in [-0.25, -0.2) is 9.78 Å². The molecule has 0 radical (unpaired) electrons. The van der Waals surface area contributed by atoms with E-state index >= 15 is 0 Å². The number of carbonyl (C=O) groups is 2. The minimum Gasteiger partial charge on any atom is -0.479 e. The van der Waals surface area contributed by atoms with Gasteiger partial charge < -0.3 is 14.4 Å². The van der Waals surface area contributed by atoms with Crippen molar-refractivity contribution in [3.05, 3.63) is 29.7 Å². The molecule has 1 saturated carbocycles. The number of amides is 1. The maximum Gasteiger partial charge on any atom is 0.329 e. The van der Waals surface area contributed by atoms with Gasteiger partial charge in [0.15, 0.2) is 0 Å². The quantitative estimate of drug-likeness (QED) is 0.897. The van der Waals surface area contributed by atoms with E-state index in [1.165, 1.54) is 16.2 Å². The number of aliphatic carboxylic acids is 1. The van der Waals surface area contributed by atoms with Crippen LogP contribution in [0.4, 0.5) is 0 Å². The first-order chi connectivity index (χ1) is 11.5. The number of thiazole rings is 1. The van der Waals surface area contributed by atoms with Crippen LogP contribution in [0.15, 0.2) is 28.4 Å². The first kappa shape index (κ1) is 16.7. The summed E-state index contributed by atoms with van der Waals surface area (Å²) in [4.78, 5) is 30.3. The van der Waals surface area contributed by atoms with Crippen LogP contribution in [0.2, 0.25) is 0 Å². The van der Waals surface area contributed by atoms with E-state index in [0.717, 1.165) is 29.8 Å². The number of carboxylic acids is 1. The number of furan rings is 1. The maximum atomic E-state index is 12.6. The third-order valence-corrected chi connectivity index (χ3v) is 5.69. The Morgan fingerprint density at radius 2 is 2.12 bits per heavy atom. The van der Waals surface area contributed by atoms with Gasteiger partial charge in [0, 0.05) is 18.0 Å². The van der Waals surface area contributed by atoms with E-state index in [1.807, 2.05) is 11.4 Å². The molecule has 1 aliphatic rings. The Bertz CT molecular complexity index is 717. The largest absolute Gasteiger partial charge is 0.479 e. The summed E-state index contributed by atoms with van der Waals surface area (Å²) in [7, 11) is 1.60. The summed E-state index contributed by atoms with van der Waals surface area (Å²) < 4.78 is 5.04. The summed E-state index contributed by atoms with van der Waals surface area (Å²) in [5.74, 6) is -1.11. The molecule has 1 aliphatic carbocycles. The molecule has 1 amide bonds. The molecule has 0 atom stereocenters. The first-order valence-corrected chi connectivity index (χ1v) is 8.88. The highest BCUT2D eigenvalue weighted by Gasteiger charge is 2.45. The van der Waals surface area contributed by atoms with Gasteiger partial charge in [-0.3, -0.25) is 4.79 Å². The molecule has 1 fully saturated rings. The SMILES string of the molecule is CN(C(=O)Cc1csc(-c2ccoc2)n1)C1(C(=O)O)CCCCC1. The van der Waals surface area contributed by atoms with Crippen molar-refractivity contribution < 1.29 is 19.1 Å². The second-order valence-electron chi connectivity index (χ2n) is 6.18. The molecule has 0 unspecified atom stereocenters. The molecule has 0 bridgehead atoms. The number of nitrogens with zero attached hydrogens (tertiary/aromatic N) is 2.